The van der Waals surface area contributed by atoms with Crippen LogP contribution in [0.4, 0.5) is 5.82 Å². The first kappa shape index (κ1) is 12.5. The van der Waals surface area contributed by atoms with Crippen LogP contribution >= 0.6 is 0 Å². The zero-order chi connectivity index (χ0) is 13.1. The molecule has 0 aromatic carbocycles. The van der Waals surface area contributed by atoms with Crippen molar-refractivity contribution in [1.82, 2.24) is 14.7 Å². The van der Waals surface area contributed by atoms with Crippen molar-refractivity contribution in [2.75, 3.05) is 13.1 Å². The summed E-state index contributed by atoms with van der Waals surface area (Å²) in [4.78, 5) is 23.3. The second-order valence-corrected chi connectivity index (χ2v) is 4.26. The summed E-state index contributed by atoms with van der Waals surface area (Å²) in [5, 5.41) is 23.6. The molecule has 2 rings (SSSR count). The van der Waals surface area contributed by atoms with E-state index in [0.29, 0.717) is 19.5 Å². The van der Waals surface area contributed by atoms with Crippen LogP contribution < -0.4 is 0 Å². The normalized spacial score (nSPS) is 19.8. The molecule has 1 N–H and O–H groups in total. The molecule has 8 nitrogen and oxygen atoms in total. The lowest BCUT2D eigenvalue weighted by atomic mass is 10.1. The first-order valence-corrected chi connectivity index (χ1v) is 5.70. The molecule has 2 heterocycles. The van der Waals surface area contributed by atoms with E-state index in [1.807, 2.05) is 0 Å². The van der Waals surface area contributed by atoms with Crippen LogP contribution in [0.3, 0.4) is 0 Å². The van der Waals surface area contributed by atoms with Gasteiger partial charge in [-0.25, -0.2) is 0 Å². The van der Waals surface area contributed by atoms with E-state index in [1.54, 1.807) is 4.90 Å². The number of rotatable bonds is 3. The molecule has 1 fully saturated rings. The Kier molecular flexibility index (Phi) is 3.56. The largest absolute Gasteiger partial charge is 0.391 e. The van der Waals surface area contributed by atoms with Crippen molar-refractivity contribution in [2.24, 2.45) is 0 Å². The first-order chi connectivity index (χ1) is 8.56. The molecular weight excluding hydrogens is 240 g/mol. The summed E-state index contributed by atoms with van der Waals surface area (Å²) in [5.41, 5.74) is 0. The SMILES string of the molecule is O=C(Cn1ccc([N+](=O)[O-])n1)N1CCCC(O)C1. The molecule has 1 aliphatic rings. The van der Waals surface area contributed by atoms with Crippen molar-refractivity contribution in [3.8, 4) is 0 Å². The molecule has 1 aromatic heterocycles. The van der Waals surface area contributed by atoms with Crippen molar-refractivity contribution in [2.45, 2.75) is 25.5 Å². The summed E-state index contributed by atoms with van der Waals surface area (Å²) in [6.45, 7) is 0.891. The van der Waals surface area contributed by atoms with Gasteiger partial charge in [0.25, 0.3) is 0 Å². The van der Waals surface area contributed by atoms with E-state index in [-0.39, 0.29) is 18.3 Å². The lowest BCUT2D eigenvalue weighted by Crippen LogP contribution is -2.43. The number of carbonyl (C=O) groups excluding carboxylic acids is 1. The van der Waals surface area contributed by atoms with Crippen LogP contribution in [0.1, 0.15) is 12.8 Å². The van der Waals surface area contributed by atoms with E-state index in [9.17, 15) is 20.0 Å². The number of piperidine rings is 1. The first-order valence-electron chi connectivity index (χ1n) is 5.70. The minimum Gasteiger partial charge on any atom is -0.391 e. The van der Waals surface area contributed by atoms with Gasteiger partial charge < -0.3 is 20.1 Å². The number of carbonyl (C=O) groups is 1. The fraction of sp³-hybridized carbons (Fsp3) is 0.600. The average Bonchev–Trinajstić information content (AvgIpc) is 2.77. The van der Waals surface area contributed by atoms with Gasteiger partial charge >= 0.3 is 5.82 Å². The predicted molar refractivity (Wildman–Crippen MR) is 60.7 cm³/mol. The number of amides is 1. The fourth-order valence-electron chi connectivity index (χ4n) is 1.96. The molecule has 0 radical (unpaired) electrons. The van der Waals surface area contributed by atoms with Crippen molar-refractivity contribution in [1.29, 1.82) is 0 Å². The minimum absolute atomic E-state index is 0.0411. The quantitative estimate of drug-likeness (QED) is 0.593. The van der Waals surface area contributed by atoms with Gasteiger partial charge in [-0.05, 0) is 17.8 Å². The van der Waals surface area contributed by atoms with Crippen LogP contribution in [0.2, 0.25) is 0 Å². The zero-order valence-electron chi connectivity index (χ0n) is 9.73. The maximum atomic E-state index is 11.9. The smallest absolute Gasteiger partial charge is 0.389 e. The lowest BCUT2D eigenvalue weighted by Gasteiger charge is -2.29. The molecule has 1 aliphatic heterocycles. The van der Waals surface area contributed by atoms with Gasteiger partial charge in [0.2, 0.25) is 5.91 Å². The minimum atomic E-state index is -0.606. The summed E-state index contributed by atoms with van der Waals surface area (Å²) in [7, 11) is 0. The van der Waals surface area contributed by atoms with Crippen molar-refractivity contribution >= 4 is 11.7 Å². The van der Waals surface area contributed by atoms with Crippen LogP contribution in [0.15, 0.2) is 12.3 Å². The van der Waals surface area contributed by atoms with E-state index < -0.39 is 11.0 Å². The highest BCUT2D eigenvalue weighted by Crippen LogP contribution is 2.11. The number of aliphatic hydroxyl groups excluding tert-OH is 1. The Morgan fingerprint density at radius 1 is 1.67 bits per heavy atom. The highest BCUT2D eigenvalue weighted by atomic mass is 16.6. The van der Waals surface area contributed by atoms with Gasteiger partial charge in [-0.1, -0.05) is 0 Å². The number of nitrogens with zero attached hydrogens (tertiary/aromatic N) is 4. The zero-order valence-corrected chi connectivity index (χ0v) is 9.73. The van der Waals surface area contributed by atoms with Crippen LogP contribution in [0, 0.1) is 10.1 Å². The summed E-state index contributed by atoms with van der Waals surface area (Å²) >= 11 is 0. The summed E-state index contributed by atoms with van der Waals surface area (Å²) < 4.78 is 1.24. The second-order valence-electron chi connectivity index (χ2n) is 4.26. The van der Waals surface area contributed by atoms with E-state index in [4.69, 9.17) is 0 Å². The van der Waals surface area contributed by atoms with E-state index in [2.05, 4.69) is 5.10 Å². The van der Waals surface area contributed by atoms with Crippen LogP contribution in [-0.4, -0.2) is 49.8 Å². The van der Waals surface area contributed by atoms with Crippen LogP contribution in [-0.2, 0) is 11.3 Å². The third-order valence-electron chi connectivity index (χ3n) is 2.86. The highest BCUT2D eigenvalue weighted by molar-refractivity contribution is 5.76. The van der Waals surface area contributed by atoms with Gasteiger partial charge in [0, 0.05) is 13.1 Å². The Bertz CT molecular complexity index is 458. The Hall–Kier alpha value is -1.96. The number of likely N-dealkylation sites (tertiary alicyclic amines) is 1. The maximum Gasteiger partial charge on any atom is 0.389 e. The number of aliphatic hydroxyl groups is 1. The lowest BCUT2D eigenvalue weighted by molar-refractivity contribution is -0.389. The van der Waals surface area contributed by atoms with E-state index in [1.165, 1.54) is 16.9 Å². The van der Waals surface area contributed by atoms with Crippen molar-refractivity contribution < 1.29 is 14.8 Å². The number of hydrogen-bond acceptors (Lipinski definition) is 5. The fourth-order valence-corrected chi connectivity index (χ4v) is 1.96. The summed E-state index contributed by atoms with van der Waals surface area (Å²) in [6, 6.07) is 1.25. The van der Waals surface area contributed by atoms with Gasteiger partial charge in [-0.2, -0.15) is 4.68 Å². The van der Waals surface area contributed by atoms with Gasteiger partial charge in [-0.3, -0.25) is 4.79 Å². The molecule has 18 heavy (non-hydrogen) atoms. The molecule has 1 saturated heterocycles. The number of hydrogen-bond donors (Lipinski definition) is 1. The molecule has 0 saturated carbocycles. The molecule has 0 aliphatic carbocycles. The van der Waals surface area contributed by atoms with Gasteiger partial charge in [0.15, 0.2) is 0 Å². The standard InChI is InChI=1S/C10H14N4O4/c15-8-2-1-4-12(6-8)10(16)7-13-5-3-9(11-13)14(17)18/h3,5,8,15H,1-2,4,6-7H2. The van der Waals surface area contributed by atoms with Gasteiger partial charge in [-0.15, -0.1) is 0 Å². The topological polar surface area (TPSA) is 102 Å². The summed E-state index contributed by atoms with van der Waals surface area (Å²) in [6.07, 6.45) is 2.40. The Morgan fingerprint density at radius 2 is 2.44 bits per heavy atom. The maximum absolute atomic E-state index is 11.9. The highest BCUT2D eigenvalue weighted by Gasteiger charge is 2.23. The molecule has 1 atom stereocenters. The average molecular weight is 254 g/mol. The Balaban J connectivity index is 1.95. The molecule has 1 unspecified atom stereocenters. The van der Waals surface area contributed by atoms with Crippen molar-refractivity contribution in [3.05, 3.63) is 22.4 Å². The number of nitro groups is 1. The van der Waals surface area contributed by atoms with Crippen LogP contribution in [0.25, 0.3) is 0 Å². The molecule has 1 aromatic rings. The molecular formula is C10H14N4O4. The number of aromatic nitrogens is 2. The van der Waals surface area contributed by atoms with E-state index in [0.717, 1.165) is 6.42 Å². The molecule has 0 bridgehead atoms. The Labute approximate surface area is 103 Å². The third kappa shape index (κ3) is 2.83. The summed E-state index contributed by atoms with van der Waals surface area (Å²) in [5.74, 6) is -0.465. The van der Waals surface area contributed by atoms with Gasteiger partial charge in [0.05, 0.1) is 23.5 Å². The van der Waals surface area contributed by atoms with Crippen molar-refractivity contribution in [3.63, 3.8) is 0 Å². The van der Waals surface area contributed by atoms with Crippen LogP contribution in [0.5, 0.6) is 0 Å². The number of β-amino-alcohol motifs (C(OH)–C–C–N with tert-alkyl or cyclic N) is 1. The molecule has 1 amide bonds. The second kappa shape index (κ2) is 5.13. The predicted octanol–water partition coefficient (Wildman–Crippen LogP) is -0.225. The Morgan fingerprint density at radius 3 is 3.06 bits per heavy atom. The molecule has 0 spiro atoms. The monoisotopic (exact) mass is 254 g/mol. The van der Waals surface area contributed by atoms with Gasteiger partial charge in [0.1, 0.15) is 6.54 Å². The third-order valence-corrected chi connectivity index (χ3v) is 2.86. The molecule has 98 valence electrons. The molecule has 8 heteroatoms. The van der Waals surface area contributed by atoms with E-state index >= 15 is 0 Å².